The van der Waals surface area contributed by atoms with Gasteiger partial charge in [-0.2, -0.15) is 0 Å². The third kappa shape index (κ3) is 1.84. The van der Waals surface area contributed by atoms with Gasteiger partial charge < -0.3 is 5.11 Å². The standard InChI is InChI=1S/C9H7ClFN3O/c10-7-3-6(1-2-8(7)11)14-5-12-13-9(14)4-15/h1-3,5,15H,4H2. The normalized spacial score (nSPS) is 10.6. The minimum Gasteiger partial charge on any atom is -0.388 e. The van der Waals surface area contributed by atoms with Crippen LogP contribution >= 0.6 is 11.6 Å². The van der Waals surface area contributed by atoms with Crippen LogP contribution in [0, 0.1) is 5.82 Å². The maximum absolute atomic E-state index is 12.9. The van der Waals surface area contributed by atoms with Crippen molar-refractivity contribution in [3.8, 4) is 5.69 Å². The van der Waals surface area contributed by atoms with E-state index < -0.39 is 5.82 Å². The van der Waals surface area contributed by atoms with Crippen LogP contribution in [0.4, 0.5) is 4.39 Å². The number of hydrogen-bond acceptors (Lipinski definition) is 3. The summed E-state index contributed by atoms with van der Waals surface area (Å²) in [5.41, 5.74) is 0.607. The van der Waals surface area contributed by atoms with E-state index in [1.54, 1.807) is 0 Å². The zero-order valence-corrected chi connectivity index (χ0v) is 8.32. The second-order valence-corrected chi connectivity index (χ2v) is 3.28. The van der Waals surface area contributed by atoms with Gasteiger partial charge in [0.2, 0.25) is 0 Å². The Hall–Kier alpha value is -1.46. The molecule has 1 aromatic carbocycles. The summed E-state index contributed by atoms with van der Waals surface area (Å²) in [5.74, 6) is -0.114. The number of halogens is 2. The molecule has 0 aliphatic heterocycles. The van der Waals surface area contributed by atoms with Gasteiger partial charge in [0.25, 0.3) is 0 Å². The van der Waals surface area contributed by atoms with E-state index in [1.807, 2.05) is 0 Å². The van der Waals surface area contributed by atoms with E-state index in [0.29, 0.717) is 11.5 Å². The van der Waals surface area contributed by atoms with Gasteiger partial charge in [0.1, 0.15) is 18.8 Å². The maximum Gasteiger partial charge on any atom is 0.163 e. The molecule has 2 aromatic rings. The number of hydrogen-bond donors (Lipinski definition) is 1. The van der Waals surface area contributed by atoms with Crippen LogP contribution in [-0.2, 0) is 6.61 Å². The number of benzene rings is 1. The summed E-state index contributed by atoms with van der Waals surface area (Å²) in [6.07, 6.45) is 1.43. The van der Waals surface area contributed by atoms with Crippen LogP contribution in [0.25, 0.3) is 5.69 Å². The zero-order valence-electron chi connectivity index (χ0n) is 7.56. The van der Waals surface area contributed by atoms with E-state index in [9.17, 15) is 4.39 Å². The smallest absolute Gasteiger partial charge is 0.163 e. The highest BCUT2D eigenvalue weighted by Gasteiger charge is 2.07. The molecule has 0 spiro atoms. The molecule has 15 heavy (non-hydrogen) atoms. The minimum absolute atomic E-state index is 0.0186. The minimum atomic E-state index is -0.487. The summed E-state index contributed by atoms with van der Waals surface area (Å²) in [5, 5.41) is 16.3. The van der Waals surface area contributed by atoms with Gasteiger partial charge >= 0.3 is 0 Å². The molecule has 2 rings (SSSR count). The predicted molar refractivity (Wildman–Crippen MR) is 52.2 cm³/mol. The van der Waals surface area contributed by atoms with Crippen LogP contribution in [0.2, 0.25) is 5.02 Å². The van der Waals surface area contributed by atoms with Crippen molar-refractivity contribution >= 4 is 11.6 Å². The lowest BCUT2D eigenvalue weighted by Gasteiger charge is -2.05. The fourth-order valence-electron chi connectivity index (χ4n) is 1.22. The van der Waals surface area contributed by atoms with Crippen molar-refractivity contribution in [1.29, 1.82) is 0 Å². The first-order valence-corrected chi connectivity index (χ1v) is 4.55. The lowest BCUT2D eigenvalue weighted by atomic mass is 10.3. The Balaban J connectivity index is 2.50. The van der Waals surface area contributed by atoms with E-state index in [4.69, 9.17) is 16.7 Å². The van der Waals surface area contributed by atoms with Crippen LogP contribution in [0.5, 0.6) is 0 Å². The van der Waals surface area contributed by atoms with Gasteiger partial charge in [-0.15, -0.1) is 10.2 Å². The third-order valence-electron chi connectivity index (χ3n) is 1.94. The average Bonchev–Trinajstić information content (AvgIpc) is 2.70. The molecule has 0 radical (unpaired) electrons. The second-order valence-electron chi connectivity index (χ2n) is 2.87. The predicted octanol–water partition coefficient (Wildman–Crippen LogP) is 1.55. The first-order valence-electron chi connectivity index (χ1n) is 4.17. The highest BCUT2D eigenvalue weighted by atomic mass is 35.5. The zero-order chi connectivity index (χ0) is 10.8. The largest absolute Gasteiger partial charge is 0.388 e. The van der Waals surface area contributed by atoms with Crippen molar-refractivity contribution in [3.05, 3.63) is 41.2 Å². The molecule has 0 atom stereocenters. The first-order chi connectivity index (χ1) is 7.22. The molecule has 1 N–H and O–H groups in total. The molecule has 4 nitrogen and oxygen atoms in total. The number of nitrogens with zero attached hydrogens (tertiary/aromatic N) is 3. The van der Waals surface area contributed by atoms with Crippen molar-refractivity contribution in [2.24, 2.45) is 0 Å². The van der Waals surface area contributed by atoms with Crippen LogP contribution in [0.15, 0.2) is 24.5 Å². The van der Waals surface area contributed by atoms with Crippen LogP contribution < -0.4 is 0 Å². The summed E-state index contributed by atoms with van der Waals surface area (Å²) < 4.78 is 14.4. The van der Waals surface area contributed by atoms with Crippen molar-refractivity contribution < 1.29 is 9.50 Å². The molecule has 78 valence electrons. The van der Waals surface area contributed by atoms with Gasteiger partial charge in [-0.05, 0) is 18.2 Å². The molecule has 0 amide bonds. The van der Waals surface area contributed by atoms with E-state index >= 15 is 0 Å². The number of aromatic nitrogens is 3. The molecule has 0 fully saturated rings. The molecule has 0 bridgehead atoms. The monoisotopic (exact) mass is 227 g/mol. The summed E-state index contributed by atoms with van der Waals surface area (Å²) in [4.78, 5) is 0. The van der Waals surface area contributed by atoms with Gasteiger partial charge in [0.05, 0.1) is 10.7 Å². The van der Waals surface area contributed by atoms with Crippen molar-refractivity contribution in [2.45, 2.75) is 6.61 Å². The summed E-state index contributed by atoms with van der Waals surface area (Å²) in [6.45, 7) is -0.241. The molecule has 6 heteroatoms. The molecule has 0 saturated heterocycles. The van der Waals surface area contributed by atoms with Crippen molar-refractivity contribution in [2.75, 3.05) is 0 Å². The van der Waals surface area contributed by atoms with E-state index in [1.165, 1.54) is 29.1 Å². The van der Waals surface area contributed by atoms with Crippen LogP contribution in [-0.4, -0.2) is 19.9 Å². The molecule has 1 heterocycles. The Kier molecular flexibility index (Phi) is 2.66. The molecule has 1 aromatic heterocycles. The Morgan fingerprint density at radius 1 is 1.47 bits per heavy atom. The molecule has 0 aliphatic rings. The quantitative estimate of drug-likeness (QED) is 0.847. The van der Waals surface area contributed by atoms with Crippen molar-refractivity contribution in [3.63, 3.8) is 0 Å². The SMILES string of the molecule is OCc1nncn1-c1ccc(F)c(Cl)c1. The Morgan fingerprint density at radius 3 is 2.93 bits per heavy atom. The van der Waals surface area contributed by atoms with Gasteiger partial charge in [0, 0.05) is 0 Å². The Morgan fingerprint density at radius 2 is 2.27 bits per heavy atom. The van der Waals surface area contributed by atoms with E-state index in [2.05, 4.69) is 10.2 Å². The van der Waals surface area contributed by atoms with Gasteiger partial charge in [-0.3, -0.25) is 4.57 Å². The Labute approximate surface area is 89.9 Å². The fourth-order valence-corrected chi connectivity index (χ4v) is 1.39. The summed E-state index contributed by atoms with van der Waals surface area (Å²) in [7, 11) is 0. The van der Waals surface area contributed by atoms with Gasteiger partial charge in [-0.1, -0.05) is 11.6 Å². The van der Waals surface area contributed by atoms with E-state index in [-0.39, 0.29) is 11.6 Å². The first kappa shape index (κ1) is 10.1. The average molecular weight is 228 g/mol. The Bertz CT molecular complexity index is 486. The maximum atomic E-state index is 12.9. The fraction of sp³-hybridized carbons (Fsp3) is 0.111. The van der Waals surface area contributed by atoms with Gasteiger partial charge in [-0.25, -0.2) is 4.39 Å². The van der Waals surface area contributed by atoms with Crippen LogP contribution in [0.3, 0.4) is 0 Å². The highest BCUT2D eigenvalue weighted by Crippen LogP contribution is 2.19. The van der Waals surface area contributed by atoms with Gasteiger partial charge in [0.15, 0.2) is 5.82 Å². The molecule has 0 aliphatic carbocycles. The lowest BCUT2D eigenvalue weighted by Crippen LogP contribution is -2.00. The molecular weight excluding hydrogens is 221 g/mol. The summed E-state index contributed by atoms with van der Waals surface area (Å²) in [6, 6.07) is 4.22. The van der Waals surface area contributed by atoms with Crippen LogP contribution in [0.1, 0.15) is 5.82 Å². The molecule has 0 unspecified atom stereocenters. The topological polar surface area (TPSA) is 50.9 Å². The molecule has 0 saturated carbocycles. The number of aliphatic hydroxyl groups is 1. The second kappa shape index (κ2) is 3.96. The molecular formula is C9H7ClFN3O. The number of rotatable bonds is 2. The lowest BCUT2D eigenvalue weighted by molar-refractivity contribution is 0.269. The number of aliphatic hydroxyl groups excluding tert-OH is 1. The van der Waals surface area contributed by atoms with E-state index in [0.717, 1.165) is 0 Å². The van der Waals surface area contributed by atoms with Crippen molar-refractivity contribution in [1.82, 2.24) is 14.8 Å². The highest BCUT2D eigenvalue weighted by molar-refractivity contribution is 6.30. The third-order valence-corrected chi connectivity index (χ3v) is 2.23. The summed E-state index contributed by atoms with van der Waals surface area (Å²) >= 11 is 5.63.